The van der Waals surface area contributed by atoms with Crippen LogP contribution < -0.4 is 10.1 Å². The van der Waals surface area contributed by atoms with Gasteiger partial charge < -0.3 is 14.6 Å². The number of hydrogen-bond acceptors (Lipinski definition) is 7. The van der Waals surface area contributed by atoms with Gasteiger partial charge in [0.05, 0.1) is 21.7 Å². The first-order chi connectivity index (χ1) is 14.8. The molecule has 0 unspecified atom stereocenters. The predicted molar refractivity (Wildman–Crippen MR) is 114 cm³/mol. The van der Waals surface area contributed by atoms with Crippen molar-refractivity contribution in [1.82, 2.24) is 4.57 Å². The first-order valence-corrected chi connectivity index (χ1v) is 10.00. The number of carbonyl (C=O) groups excluding carboxylic acids is 3. The van der Waals surface area contributed by atoms with Crippen LogP contribution in [0.4, 0.5) is 11.4 Å². The Bertz CT molecular complexity index is 1240. The van der Waals surface area contributed by atoms with Crippen LogP contribution in [0.1, 0.15) is 24.2 Å². The van der Waals surface area contributed by atoms with Crippen LogP contribution in [-0.4, -0.2) is 33.9 Å². The summed E-state index contributed by atoms with van der Waals surface area (Å²) in [6.07, 6.45) is 0. The molecule has 10 nitrogen and oxygen atoms in total. The van der Waals surface area contributed by atoms with Gasteiger partial charge in [0, 0.05) is 30.3 Å². The highest BCUT2D eigenvalue weighted by Gasteiger charge is 2.14. The lowest BCUT2D eigenvalue weighted by atomic mass is 10.2. The second-order valence-electron chi connectivity index (χ2n) is 6.36. The normalized spacial score (nSPS) is 11.4. The smallest absolute Gasteiger partial charge is 0.326 e. The third-order valence-electron chi connectivity index (χ3n) is 4.12. The molecule has 1 heterocycles. The fourth-order valence-electron chi connectivity index (χ4n) is 2.81. The van der Waals surface area contributed by atoms with Crippen molar-refractivity contribution in [3.05, 3.63) is 62.9 Å². The third-order valence-corrected chi connectivity index (χ3v) is 5.16. The molecule has 0 fully saturated rings. The Balaban J connectivity index is 2.07. The van der Waals surface area contributed by atoms with Gasteiger partial charge in [0.15, 0.2) is 4.80 Å². The van der Waals surface area contributed by atoms with E-state index in [9.17, 15) is 24.5 Å². The number of amides is 2. The van der Waals surface area contributed by atoms with Crippen LogP contribution >= 0.6 is 11.3 Å². The lowest BCUT2D eigenvalue weighted by molar-refractivity contribution is -0.384. The standard InChI is InChI=1S/C20H18N4O6S/c1-3-30-18(26)11-23-16-9-6-14(21-12(2)25)10-17(16)31-20(23)22-19(27)13-4-7-15(8-5-13)24(28)29/h4-10H,3,11H2,1-2H3,(H,21,25). The SMILES string of the molecule is CCOC(=O)Cn1c(=NC(=O)c2ccc([N+](=O)[O-])cc2)sc2cc(NC(C)=O)ccc21. The molecule has 31 heavy (non-hydrogen) atoms. The zero-order valence-electron chi connectivity index (χ0n) is 16.7. The second-order valence-corrected chi connectivity index (χ2v) is 7.37. The van der Waals surface area contributed by atoms with Crippen LogP contribution in [0.2, 0.25) is 0 Å². The summed E-state index contributed by atoms with van der Waals surface area (Å²) in [5.41, 5.74) is 1.24. The Morgan fingerprint density at radius 2 is 1.90 bits per heavy atom. The lowest BCUT2D eigenvalue weighted by Crippen LogP contribution is -2.23. The van der Waals surface area contributed by atoms with E-state index in [1.165, 1.54) is 31.2 Å². The molecule has 0 saturated carbocycles. The number of esters is 1. The fraction of sp³-hybridized carbons (Fsp3) is 0.200. The first-order valence-electron chi connectivity index (χ1n) is 9.18. The number of ether oxygens (including phenoxy) is 1. The summed E-state index contributed by atoms with van der Waals surface area (Å²) in [7, 11) is 0. The molecule has 0 bridgehead atoms. The highest BCUT2D eigenvalue weighted by atomic mass is 32.1. The highest BCUT2D eigenvalue weighted by Crippen LogP contribution is 2.22. The van der Waals surface area contributed by atoms with E-state index in [0.29, 0.717) is 15.9 Å². The van der Waals surface area contributed by atoms with Crippen LogP contribution in [0.5, 0.6) is 0 Å². The third kappa shape index (κ3) is 5.20. The molecule has 0 radical (unpaired) electrons. The summed E-state index contributed by atoms with van der Waals surface area (Å²) in [4.78, 5) is 50.7. The molecule has 3 rings (SSSR count). The van der Waals surface area contributed by atoms with E-state index in [1.54, 1.807) is 29.7 Å². The van der Waals surface area contributed by atoms with Crippen LogP contribution in [0, 0.1) is 10.1 Å². The first kappa shape index (κ1) is 21.8. The summed E-state index contributed by atoms with van der Waals surface area (Å²) >= 11 is 1.16. The Hall–Kier alpha value is -3.86. The molecule has 11 heteroatoms. The minimum Gasteiger partial charge on any atom is -0.465 e. The van der Waals surface area contributed by atoms with Gasteiger partial charge in [-0.1, -0.05) is 11.3 Å². The van der Waals surface area contributed by atoms with Crippen LogP contribution in [-0.2, 0) is 20.9 Å². The van der Waals surface area contributed by atoms with Gasteiger partial charge in [-0.05, 0) is 37.3 Å². The van der Waals surface area contributed by atoms with Gasteiger partial charge in [-0.3, -0.25) is 24.5 Å². The maximum Gasteiger partial charge on any atom is 0.326 e. The number of benzene rings is 2. The van der Waals surface area contributed by atoms with Crippen molar-refractivity contribution >= 4 is 50.7 Å². The monoisotopic (exact) mass is 442 g/mol. The lowest BCUT2D eigenvalue weighted by Gasteiger charge is -2.06. The average Bonchev–Trinajstić information content (AvgIpc) is 3.03. The molecule has 3 aromatic rings. The minimum absolute atomic E-state index is 0.138. The number of nitro benzene ring substituents is 1. The molecular formula is C20H18N4O6S. The number of non-ortho nitro benzene ring substituents is 1. The summed E-state index contributed by atoms with van der Waals surface area (Å²) in [6, 6.07) is 10.2. The van der Waals surface area contributed by atoms with E-state index in [2.05, 4.69) is 10.3 Å². The van der Waals surface area contributed by atoms with Crippen molar-refractivity contribution in [1.29, 1.82) is 0 Å². The van der Waals surface area contributed by atoms with Crippen molar-refractivity contribution < 1.29 is 24.0 Å². The number of anilines is 1. The zero-order chi connectivity index (χ0) is 22.5. The van der Waals surface area contributed by atoms with E-state index in [-0.39, 0.29) is 35.1 Å². The van der Waals surface area contributed by atoms with Crippen molar-refractivity contribution in [3.63, 3.8) is 0 Å². The van der Waals surface area contributed by atoms with Gasteiger partial charge in [0.1, 0.15) is 6.54 Å². The molecule has 0 spiro atoms. The van der Waals surface area contributed by atoms with E-state index < -0.39 is 16.8 Å². The van der Waals surface area contributed by atoms with Gasteiger partial charge >= 0.3 is 5.97 Å². The Kier molecular flexibility index (Phi) is 6.55. The fourth-order valence-corrected chi connectivity index (χ4v) is 3.87. The number of fused-ring (bicyclic) bond motifs is 1. The molecule has 2 amide bonds. The van der Waals surface area contributed by atoms with Crippen LogP contribution in [0.25, 0.3) is 10.2 Å². The molecule has 0 atom stereocenters. The Morgan fingerprint density at radius 1 is 1.19 bits per heavy atom. The predicted octanol–water partition coefficient (Wildman–Crippen LogP) is 2.87. The molecule has 1 N–H and O–H groups in total. The average molecular weight is 442 g/mol. The number of rotatable bonds is 6. The van der Waals surface area contributed by atoms with Crippen molar-refractivity contribution in [2.24, 2.45) is 4.99 Å². The highest BCUT2D eigenvalue weighted by molar-refractivity contribution is 7.16. The quantitative estimate of drug-likeness (QED) is 0.355. The number of hydrogen-bond donors (Lipinski definition) is 1. The van der Waals surface area contributed by atoms with E-state index in [0.717, 1.165) is 11.3 Å². The topological polar surface area (TPSA) is 133 Å². The molecule has 0 aliphatic carbocycles. The van der Waals surface area contributed by atoms with Crippen molar-refractivity contribution in [2.75, 3.05) is 11.9 Å². The number of thiazole rings is 1. The molecule has 0 saturated heterocycles. The summed E-state index contributed by atoms with van der Waals surface area (Å²) < 4.78 is 7.27. The number of nitrogens with one attached hydrogen (secondary N) is 1. The number of nitro groups is 1. The molecule has 0 aliphatic rings. The van der Waals surface area contributed by atoms with Crippen molar-refractivity contribution in [2.45, 2.75) is 20.4 Å². The summed E-state index contributed by atoms with van der Waals surface area (Å²) in [5.74, 6) is -1.33. The van der Waals surface area contributed by atoms with Gasteiger partial charge in [0.25, 0.3) is 11.6 Å². The van der Waals surface area contributed by atoms with Gasteiger partial charge in [-0.15, -0.1) is 0 Å². The Morgan fingerprint density at radius 3 is 2.52 bits per heavy atom. The molecule has 1 aromatic heterocycles. The number of carbonyl (C=O) groups is 3. The van der Waals surface area contributed by atoms with E-state index in [4.69, 9.17) is 4.74 Å². The Labute approximate surface area is 179 Å². The summed E-state index contributed by atoms with van der Waals surface area (Å²) in [6.45, 7) is 3.14. The van der Waals surface area contributed by atoms with Crippen LogP contribution in [0.3, 0.4) is 0 Å². The zero-order valence-corrected chi connectivity index (χ0v) is 17.5. The largest absolute Gasteiger partial charge is 0.465 e. The van der Waals surface area contributed by atoms with E-state index in [1.807, 2.05) is 0 Å². The van der Waals surface area contributed by atoms with Gasteiger partial charge in [-0.2, -0.15) is 4.99 Å². The second kappa shape index (κ2) is 9.30. The van der Waals surface area contributed by atoms with E-state index >= 15 is 0 Å². The molecule has 160 valence electrons. The maximum atomic E-state index is 12.6. The number of aromatic nitrogens is 1. The number of nitrogens with zero attached hydrogens (tertiary/aromatic N) is 3. The molecule has 0 aliphatic heterocycles. The summed E-state index contributed by atoms with van der Waals surface area (Å²) in [5, 5.41) is 13.5. The molecule has 2 aromatic carbocycles. The maximum absolute atomic E-state index is 12.6. The van der Waals surface area contributed by atoms with Crippen LogP contribution in [0.15, 0.2) is 47.5 Å². The van der Waals surface area contributed by atoms with Crippen molar-refractivity contribution in [3.8, 4) is 0 Å². The van der Waals surface area contributed by atoms with Gasteiger partial charge in [-0.25, -0.2) is 0 Å². The minimum atomic E-state index is -0.610. The van der Waals surface area contributed by atoms with Gasteiger partial charge in [0.2, 0.25) is 5.91 Å². The molecular weight excluding hydrogens is 424 g/mol.